The molecule has 0 saturated heterocycles. The number of rotatable bonds is 8. The summed E-state index contributed by atoms with van der Waals surface area (Å²) in [5.41, 5.74) is 1.82. The van der Waals surface area contributed by atoms with Crippen molar-refractivity contribution in [1.29, 1.82) is 0 Å². The fraction of sp³-hybridized carbons (Fsp3) is 0.174. The summed E-state index contributed by atoms with van der Waals surface area (Å²) in [5.74, 6) is 1.56. The highest BCUT2D eigenvalue weighted by Crippen LogP contribution is 2.27. The largest absolute Gasteiger partial charge is 0.493 e. The zero-order valence-corrected chi connectivity index (χ0v) is 16.4. The lowest BCUT2D eigenvalue weighted by Crippen LogP contribution is -2.04. The summed E-state index contributed by atoms with van der Waals surface area (Å²) in [5, 5.41) is 2.92. The number of aryl methyl sites for hydroxylation is 1. The number of hydrogen-bond donors (Lipinski definition) is 0. The zero-order valence-electron chi connectivity index (χ0n) is 15.6. The van der Waals surface area contributed by atoms with Gasteiger partial charge in [0.1, 0.15) is 0 Å². The number of carbonyl (C=O) groups is 1. The highest BCUT2D eigenvalue weighted by molar-refractivity contribution is 7.12. The Morgan fingerprint density at radius 1 is 1.00 bits per heavy atom. The number of thiophene rings is 1. The van der Waals surface area contributed by atoms with Crippen molar-refractivity contribution in [3.05, 3.63) is 82.7 Å². The van der Waals surface area contributed by atoms with E-state index in [-0.39, 0.29) is 5.78 Å². The zero-order chi connectivity index (χ0) is 19.3. The van der Waals surface area contributed by atoms with Crippen LogP contribution < -0.4 is 9.47 Å². The number of ether oxygens (including phenoxy) is 2. The molecule has 28 heavy (non-hydrogen) atoms. The van der Waals surface area contributed by atoms with E-state index in [4.69, 9.17) is 9.47 Å². The molecule has 2 aromatic carbocycles. The van der Waals surface area contributed by atoms with E-state index in [0.717, 1.165) is 45.8 Å². The minimum Gasteiger partial charge on any atom is -0.493 e. The number of methoxy groups -OCH3 is 1. The van der Waals surface area contributed by atoms with Gasteiger partial charge in [-0.3, -0.25) is 4.79 Å². The van der Waals surface area contributed by atoms with E-state index in [1.807, 2.05) is 66.2 Å². The van der Waals surface area contributed by atoms with Gasteiger partial charge in [-0.1, -0.05) is 36.4 Å². The lowest BCUT2D eigenvalue weighted by molar-refractivity contribution is 0.104. The Morgan fingerprint density at radius 2 is 1.79 bits per heavy atom. The van der Waals surface area contributed by atoms with E-state index in [1.165, 1.54) is 11.3 Å². The van der Waals surface area contributed by atoms with Crippen molar-refractivity contribution in [3.63, 3.8) is 0 Å². The second-order valence-corrected chi connectivity index (χ2v) is 7.36. The van der Waals surface area contributed by atoms with Crippen molar-refractivity contribution in [2.45, 2.75) is 13.0 Å². The molecular weight excluding hydrogens is 370 g/mol. The molecule has 4 rings (SSSR count). The quantitative estimate of drug-likeness (QED) is 0.298. The molecule has 0 saturated carbocycles. The molecule has 0 spiro atoms. The highest BCUT2D eigenvalue weighted by Gasteiger charge is 2.17. The van der Waals surface area contributed by atoms with Crippen LogP contribution in [-0.4, -0.2) is 24.1 Å². The van der Waals surface area contributed by atoms with Crippen molar-refractivity contribution in [1.82, 2.24) is 4.57 Å². The Balaban J connectivity index is 1.49. The van der Waals surface area contributed by atoms with Crippen LogP contribution in [0.3, 0.4) is 0 Å². The molecule has 0 aliphatic rings. The van der Waals surface area contributed by atoms with Gasteiger partial charge >= 0.3 is 0 Å². The van der Waals surface area contributed by atoms with Crippen LogP contribution in [0.2, 0.25) is 0 Å². The number of carbonyl (C=O) groups excluding carboxylic acids is 1. The van der Waals surface area contributed by atoms with Crippen LogP contribution in [0.5, 0.6) is 11.5 Å². The van der Waals surface area contributed by atoms with Crippen molar-refractivity contribution in [2.24, 2.45) is 0 Å². The fourth-order valence-electron chi connectivity index (χ4n) is 3.31. The van der Waals surface area contributed by atoms with E-state index in [1.54, 1.807) is 7.11 Å². The number of ketones is 1. The van der Waals surface area contributed by atoms with Gasteiger partial charge in [0, 0.05) is 29.2 Å². The maximum absolute atomic E-state index is 12.9. The van der Waals surface area contributed by atoms with Crippen LogP contribution in [0, 0.1) is 0 Å². The molecule has 0 fully saturated rings. The van der Waals surface area contributed by atoms with Gasteiger partial charge in [-0.2, -0.15) is 0 Å². The maximum atomic E-state index is 12.9. The summed E-state index contributed by atoms with van der Waals surface area (Å²) in [6, 6.07) is 19.5. The molecule has 4 aromatic rings. The highest BCUT2D eigenvalue weighted by atomic mass is 32.1. The summed E-state index contributed by atoms with van der Waals surface area (Å²) in [6.07, 6.45) is 2.79. The Morgan fingerprint density at radius 3 is 2.57 bits per heavy atom. The Kier molecular flexibility index (Phi) is 5.44. The molecule has 5 heteroatoms. The van der Waals surface area contributed by atoms with Gasteiger partial charge in [0.15, 0.2) is 11.5 Å². The minimum absolute atomic E-state index is 0.0789. The molecular formula is C23H21NO3S. The van der Waals surface area contributed by atoms with Crippen LogP contribution in [0.25, 0.3) is 10.9 Å². The van der Waals surface area contributed by atoms with E-state index in [0.29, 0.717) is 6.61 Å². The average Bonchev–Trinajstić information content (AvgIpc) is 3.40. The van der Waals surface area contributed by atoms with Crippen LogP contribution in [0.1, 0.15) is 21.7 Å². The number of nitrogens with zero attached hydrogens (tertiary/aromatic N) is 1. The van der Waals surface area contributed by atoms with Crippen molar-refractivity contribution >= 4 is 28.0 Å². The lowest BCUT2D eigenvalue weighted by atomic mass is 10.1. The molecule has 0 N–H and O–H groups in total. The summed E-state index contributed by atoms with van der Waals surface area (Å²) >= 11 is 1.48. The standard InChI is InChI=1S/C23H21NO3S/c1-26-20-10-4-5-11-21(20)27-14-7-13-24-16-18(17-8-2-3-9-19(17)24)23(25)22-12-6-15-28-22/h2-6,8-12,15-16H,7,13-14H2,1H3. The summed E-state index contributed by atoms with van der Waals surface area (Å²) < 4.78 is 13.3. The Bertz CT molecular complexity index is 1080. The first-order valence-electron chi connectivity index (χ1n) is 9.20. The maximum Gasteiger partial charge on any atom is 0.205 e. The lowest BCUT2D eigenvalue weighted by Gasteiger charge is -2.10. The average molecular weight is 391 g/mol. The first kappa shape index (κ1) is 18.3. The molecule has 2 heterocycles. The molecule has 4 nitrogen and oxygen atoms in total. The first-order valence-corrected chi connectivity index (χ1v) is 10.1. The summed E-state index contributed by atoms with van der Waals surface area (Å²) in [7, 11) is 1.64. The second-order valence-electron chi connectivity index (χ2n) is 6.41. The van der Waals surface area contributed by atoms with E-state index < -0.39 is 0 Å². The Hall–Kier alpha value is -3.05. The van der Waals surface area contributed by atoms with Gasteiger partial charge in [0.05, 0.1) is 18.6 Å². The first-order chi connectivity index (χ1) is 13.8. The predicted octanol–water partition coefficient (Wildman–Crippen LogP) is 5.41. The molecule has 0 aliphatic heterocycles. The third-order valence-corrected chi connectivity index (χ3v) is 5.52. The molecule has 0 bridgehead atoms. The molecule has 0 radical (unpaired) electrons. The van der Waals surface area contributed by atoms with Gasteiger partial charge in [0.25, 0.3) is 0 Å². The number of hydrogen-bond acceptors (Lipinski definition) is 4. The Labute approximate surface area is 168 Å². The van der Waals surface area contributed by atoms with Crippen molar-refractivity contribution in [2.75, 3.05) is 13.7 Å². The van der Waals surface area contributed by atoms with Gasteiger partial charge in [-0.25, -0.2) is 0 Å². The third-order valence-electron chi connectivity index (χ3n) is 4.65. The number of aromatic nitrogens is 1. The predicted molar refractivity (Wildman–Crippen MR) is 113 cm³/mol. The van der Waals surface area contributed by atoms with Crippen molar-refractivity contribution < 1.29 is 14.3 Å². The van der Waals surface area contributed by atoms with Gasteiger partial charge in [0.2, 0.25) is 5.78 Å². The van der Waals surface area contributed by atoms with Crippen LogP contribution in [0.15, 0.2) is 72.2 Å². The topological polar surface area (TPSA) is 40.5 Å². The molecule has 0 unspecified atom stereocenters. The smallest absolute Gasteiger partial charge is 0.205 e. The van der Waals surface area contributed by atoms with E-state index >= 15 is 0 Å². The van der Waals surface area contributed by atoms with Crippen molar-refractivity contribution in [3.8, 4) is 11.5 Å². The normalized spacial score (nSPS) is 10.9. The third kappa shape index (κ3) is 3.66. The number of benzene rings is 2. The van der Waals surface area contributed by atoms with Gasteiger partial charge in [-0.05, 0) is 36.1 Å². The second kappa shape index (κ2) is 8.31. The fourth-order valence-corrected chi connectivity index (χ4v) is 3.99. The monoisotopic (exact) mass is 391 g/mol. The van der Waals surface area contributed by atoms with Gasteiger partial charge < -0.3 is 14.0 Å². The number of fused-ring (bicyclic) bond motifs is 1. The van der Waals surface area contributed by atoms with Crippen LogP contribution in [0.4, 0.5) is 0 Å². The summed E-state index contributed by atoms with van der Waals surface area (Å²) in [6.45, 7) is 1.34. The molecule has 0 amide bonds. The molecule has 142 valence electrons. The minimum atomic E-state index is 0.0789. The molecule has 0 atom stereocenters. The van der Waals surface area contributed by atoms with E-state index in [2.05, 4.69) is 10.6 Å². The summed E-state index contributed by atoms with van der Waals surface area (Å²) in [4.78, 5) is 13.6. The number of para-hydroxylation sites is 3. The molecule has 2 aromatic heterocycles. The van der Waals surface area contributed by atoms with Gasteiger partial charge in [-0.15, -0.1) is 11.3 Å². The van der Waals surface area contributed by atoms with Crippen LogP contribution in [-0.2, 0) is 6.54 Å². The molecule has 0 aliphatic carbocycles. The van der Waals surface area contributed by atoms with E-state index in [9.17, 15) is 4.79 Å². The SMILES string of the molecule is COc1ccccc1OCCCn1cc(C(=O)c2cccs2)c2ccccc21. The van der Waals surface area contributed by atoms with Crippen LogP contribution >= 0.6 is 11.3 Å².